The van der Waals surface area contributed by atoms with Crippen molar-refractivity contribution < 1.29 is 8.42 Å². The predicted octanol–water partition coefficient (Wildman–Crippen LogP) is 2.36. The fraction of sp³-hybridized carbons (Fsp3) is 0.625. The highest BCUT2D eigenvalue weighted by molar-refractivity contribution is 7.89. The number of benzene rings is 1. The van der Waals surface area contributed by atoms with E-state index in [4.69, 9.17) is 0 Å². The van der Waals surface area contributed by atoms with E-state index in [-0.39, 0.29) is 18.4 Å². The zero-order valence-electron chi connectivity index (χ0n) is 13.0. The fourth-order valence-electron chi connectivity index (χ4n) is 3.57. The minimum absolute atomic E-state index is 0. The van der Waals surface area contributed by atoms with Gasteiger partial charge in [-0.1, -0.05) is 6.07 Å². The summed E-state index contributed by atoms with van der Waals surface area (Å²) in [5, 5.41) is 3.11. The standard InChI is InChI=1S/C16H24N2O2S.ClH/c1-17-12-15-7-4-10-18(15)21(19,20)16-9-8-13-5-2-3-6-14(13)11-16;/h8-9,11,15,17H,2-7,10,12H2,1H3;1H. The molecule has 0 spiro atoms. The normalized spacial score (nSPS) is 22.1. The molecule has 0 aromatic heterocycles. The van der Waals surface area contributed by atoms with E-state index < -0.39 is 10.0 Å². The largest absolute Gasteiger partial charge is 0.318 e. The molecule has 22 heavy (non-hydrogen) atoms. The number of likely N-dealkylation sites (N-methyl/N-ethyl adjacent to an activating group) is 1. The van der Waals surface area contributed by atoms with E-state index in [1.807, 2.05) is 19.2 Å². The predicted molar refractivity (Wildman–Crippen MR) is 91.2 cm³/mol. The molecule has 0 amide bonds. The van der Waals surface area contributed by atoms with E-state index in [9.17, 15) is 8.42 Å². The summed E-state index contributed by atoms with van der Waals surface area (Å²) in [6.45, 7) is 1.37. The number of halogens is 1. The number of rotatable bonds is 4. The van der Waals surface area contributed by atoms with Gasteiger partial charge in [0, 0.05) is 19.1 Å². The molecule has 0 bridgehead atoms. The highest BCUT2D eigenvalue weighted by Gasteiger charge is 2.35. The Hall–Kier alpha value is -0.620. The van der Waals surface area contributed by atoms with Crippen LogP contribution in [0, 0.1) is 0 Å². The van der Waals surface area contributed by atoms with E-state index in [1.54, 1.807) is 10.4 Å². The zero-order valence-corrected chi connectivity index (χ0v) is 14.7. The van der Waals surface area contributed by atoms with Crippen LogP contribution in [-0.4, -0.2) is 38.9 Å². The molecule has 1 saturated heterocycles. The van der Waals surface area contributed by atoms with Crippen LogP contribution in [0.1, 0.15) is 36.8 Å². The average Bonchev–Trinajstić information content (AvgIpc) is 2.96. The molecule has 0 saturated carbocycles. The van der Waals surface area contributed by atoms with Gasteiger partial charge in [0.25, 0.3) is 0 Å². The molecule has 2 aliphatic rings. The van der Waals surface area contributed by atoms with Gasteiger partial charge in [-0.15, -0.1) is 12.4 Å². The number of sulfonamides is 1. The average molecular weight is 345 g/mol. The number of hydrogen-bond acceptors (Lipinski definition) is 3. The first-order valence-corrected chi connectivity index (χ1v) is 9.35. The number of fused-ring (bicyclic) bond motifs is 1. The van der Waals surface area contributed by atoms with Crippen molar-refractivity contribution >= 4 is 22.4 Å². The van der Waals surface area contributed by atoms with Gasteiger partial charge in [-0.25, -0.2) is 8.42 Å². The summed E-state index contributed by atoms with van der Waals surface area (Å²) in [5.74, 6) is 0. The first-order valence-electron chi connectivity index (χ1n) is 7.91. The van der Waals surface area contributed by atoms with Crippen molar-refractivity contribution in [3.63, 3.8) is 0 Å². The molecule has 1 atom stereocenters. The highest BCUT2D eigenvalue weighted by Crippen LogP contribution is 2.29. The molecule has 6 heteroatoms. The van der Waals surface area contributed by atoms with Crippen LogP contribution in [0.2, 0.25) is 0 Å². The van der Waals surface area contributed by atoms with Crippen molar-refractivity contribution in [2.75, 3.05) is 20.1 Å². The molecule has 4 nitrogen and oxygen atoms in total. The van der Waals surface area contributed by atoms with Gasteiger partial charge in [0.05, 0.1) is 4.90 Å². The lowest BCUT2D eigenvalue weighted by molar-refractivity contribution is 0.379. The molecule has 124 valence electrons. The minimum atomic E-state index is -3.35. The molecule has 1 heterocycles. The maximum Gasteiger partial charge on any atom is 0.243 e. The van der Waals surface area contributed by atoms with Crippen LogP contribution >= 0.6 is 12.4 Å². The summed E-state index contributed by atoms with van der Waals surface area (Å²) in [4.78, 5) is 0.478. The smallest absolute Gasteiger partial charge is 0.243 e. The quantitative estimate of drug-likeness (QED) is 0.912. The zero-order chi connectivity index (χ0) is 14.9. The fourth-order valence-corrected chi connectivity index (χ4v) is 5.31. The Kier molecular flexibility index (Phi) is 5.88. The van der Waals surface area contributed by atoms with Crippen LogP contribution in [0.25, 0.3) is 0 Å². The summed E-state index contributed by atoms with van der Waals surface area (Å²) in [7, 11) is -1.47. The van der Waals surface area contributed by atoms with E-state index in [0.717, 1.165) is 32.2 Å². The molecule has 1 unspecified atom stereocenters. The minimum Gasteiger partial charge on any atom is -0.318 e. The molecule has 1 fully saturated rings. The Labute approximate surface area is 139 Å². The van der Waals surface area contributed by atoms with Crippen LogP contribution in [0.5, 0.6) is 0 Å². The molecule has 1 aromatic carbocycles. The number of nitrogens with one attached hydrogen (secondary N) is 1. The molecule has 1 aliphatic carbocycles. The summed E-state index contributed by atoms with van der Waals surface area (Å²) in [5.41, 5.74) is 2.56. The van der Waals surface area contributed by atoms with Crippen LogP contribution in [-0.2, 0) is 22.9 Å². The number of aryl methyl sites for hydroxylation is 2. The first kappa shape index (κ1) is 17.7. The van der Waals surface area contributed by atoms with Crippen molar-refractivity contribution in [1.82, 2.24) is 9.62 Å². The lowest BCUT2D eigenvalue weighted by atomic mass is 9.92. The van der Waals surface area contributed by atoms with E-state index >= 15 is 0 Å². The lowest BCUT2D eigenvalue weighted by Crippen LogP contribution is -2.40. The topological polar surface area (TPSA) is 49.4 Å². The van der Waals surface area contributed by atoms with E-state index in [2.05, 4.69) is 5.32 Å². The van der Waals surface area contributed by atoms with E-state index in [1.165, 1.54) is 24.0 Å². The molecular weight excluding hydrogens is 320 g/mol. The second kappa shape index (κ2) is 7.30. The van der Waals surface area contributed by atoms with Crippen LogP contribution in [0.4, 0.5) is 0 Å². The monoisotopic (exact) mass is 344 g/mol. The van der Waals surface area contributed by atoms with Gasteiger partial charge in [0.15, 0.2) is 0 Å². The van der Waals surface area contributed by atoms with Crippen molar-refractivity contribution in [2.24, 2.45) is 0 Å². The SMILES string of the molecule is CNCC1CCCN1S(=O)(=O)c1ccc2c(c1)CCCC2.Cl. The second-order valence-electron chi connectivity index (χ2n) is 6.11. The summed E-state index contributed by atoms with van der Waals surface area (Å²) in [6.07, 6.45) is 6.39. The van der Waals surface area contributed by atoms with Gasteiger partial charge >= 0.3 is 0 Å². The van der Waals surface area contributed by atoms with Crippen LogP contribution in [0.15, 0.2) is 23.1 Å². The second-order valence-corrected chi connectivity index (χ2v) is 8.00. The van der Waals surface area contributed by atoms with Gasteiger partial charge in [-0.05, 0) is 68.8 Å². The maximum atomic E-state index is 12.9. The Morgan fingerprint density at radius 2 is 1.91 bits per heavy atom. The Balaban J connectivity index is 0.00000176. The first-order chi connectivity index (χ1) is 10.1. The molecule has 1 aromatic rings. The Bertz CT molecular complexity index is 619. The Morgan fingerprint density at radius 1 is 1.18 bits per heavy atom. The lowest BCUT2D eigenvalue weighted by Gasteiger charge is -2.25. The molecule has 0 radical (unpaired) electrons. The summed E-state index contributed by atoms with van der Waals surface area (Å²) < 4.78 is 27.5. The van der Waals surface area contributed by atoms with E-state index in [0.29, 0.717) is 11.4 Å². The third kappa shape index (κ3) is 3.32. The number of nitrogens with zero attached hydrogens (tertiary/aromatic N) is 1. The molecule has 3 rings (SSSR count). The number of hydrogen-bond donors (Lipinski definition) is 1. The maximum absolute atomic E-state index is 12.9. The highest BCUT2D eigenvalue weighted by atomic mass is 35.5. The van der Waals surface area contributed by atoms with Crippen LogP contribution < -0.4 is 5.32 Å². The van der Waals surface area contributed by atoms with Gasteiger partial charge < -0.3 is 5.32 Å². The van der Waals surface area contributed by atoms with Gasteiger partial charge in [-0.2, -0.15) is 4.31 Å². The van der Waals surface area contributed by atoms with Crippen molar-refractivity contribution in [3.05, 3.63) is 29.3 Å². The third-order valence-electron chi connectivity index (χ3n) is 4.69. The summed E-state index contributed by atoms with van der Waals surface area (Å²) in [6, 6.07) is 5.83. The van der Waals surface area contributed by atoms with Crippen molar-refractivity contribution in [1.29, 1.82) is 0 Å². The van der Waals surface area contributed by atoms with Gasteiger partial charge in [0.1, 0.15) is 0 Å². The Morgan fingerprint density at radius 3 is 2.64 bits per heavy atom. The molecule has 1 N–H and O–H groups in total. The van der Waals surface area contributed by atoms with Crippen molar-refractivity contribution in [2.45, 2.75) is 49.5 Å². The third-order valence-corrected chi connectivity index (χ3v) is 6.64. The van der Waals surface area contributed by atoms with Gasteiger partial charge in [0.2, 0.25) is 10.0 Å². The molecular formula is C16H25ClN2O2S. The summed E-state index contributed by atoms with van der Waals surface area (Å²) >= 11 is 0. The van der Waals surface area contributed by atoms with Crippen molar-refractivity contribution in [3.8, 4) is 0 Å². The molecule has 1 aliphatic heterocycles. The van der Waals surface area contributed by atoms with Gasteiger partial charge in [-0.3, -0.25) is 0 Å². The van der Waals surface area contributed by atoms with Crippen LogP contribution in [0.3, 0.4) is 0 Å².